The number of hydrogen-bond acceptors (Lipinski definition) is 2. The van der Waals surface area contributed by atoms with Gasteiger partial charge in [0.05, 0.1) is 11.7 Å². The zero-order chi connectivity index (χ0) is 8.10. The molecule has 0 aliphatic carbocycles. The third-order valence-corrected chi connectivity index (χ3v) is 1.16. The molecule has 0 radical (unpaired) electrons. The molecular formula is C9H12N2. The highest BCUT2D eigenvalue weighted by Crippen LogP contribution is 2.10. The molecule has 1 aromatic carbocycles. The number of azo groups is 1. The molecule has 0 aliphatic rings. The summed E-state index contributed by atoms with van der Waals surface area (Å²) in [6.45, 7) is 4.01. The van der Waals surface area contributed by atoms with Crippen LogP contribution in [0.2, 0.25) is 0 Å². The van der Waals surface area contributed by atoms with Gasteiger partial charge in [0, 0.05) is 0 Å². The van der Waals surface area contributed by atoms with Gasteiger partial charge < -0.3 is 0 Å². The maximum atomic E-state index is 4.03. The summed E-state index contributed by atoms with van der Waals surface area (Å²) in [5.74, 6) is 0. The zero-order valence-electron chi connectivity index (χ0n) is 6.86. The smallest absolute Gasteiger partial charge is 0.0852 e. The summed E-state index contributed by atoms with van der Waals surface area (Å²) in [5.41, 5.74) is 0.918. The SMILES string of the molecule is CC(C)/N=N/c1ccccc1. The van der Waals surface area contributed by atoms with E-state index >= 15 is 0 Å². The van der Waals surface area contributed by atoms with Crippen molar-refractivity contribution in [1.29, 1.82) is 0 Å². The minimum Gasteiger partial charge on any atom is -0.186 e. The maximum Gasteiger partial charge on any atom is 0.0852 e. The molecule has 1 aromatic rings. The van der Waals surface area contributed by atoms with Gasteiger partial charge in [0.25, 0.3) is 0 Å². The van der Waals surface area contributed by atoms with Crippen molar-refractivity contribution in [3.8, 4) is 0 Å². The molecule has 0 unspecified atom stereocenters. The Labute approximate surface area is 67.0 Å². The van der Waals surface area contributed by atoms with E-state index in [1.165, 1.54) is 0 Å². The minimum atomic E-state index is 0.273. The van der Waals surface area contributed by atoms with E-state index in [2.05, 4.69) is 10.2 Å². The summed E-state index contributed by atoms with van der Waals surface area (Å²) >= 11 is 0. The molecule has 0 aliphatic heterocycles. The fourth-order valence-corrected chi connectivity index (χ4v) is 0.677. The number of hydrogen-bond donors (Lipinski definition) is 0. The van der Waals surface area contributed by atoms with Crippen molar-refractivity contribution in [1.82, 2.24) is 0 Å². The van der Waals surface area contributed by atoms with Crippen LogP contribution in [-0.4, -0.2) is 6.04 Å². The molecule has 0 saturated heterocycles. The Kier molecular flexibility index (Phi) is 2.78. The topological polar surface area (TPSA) is 24.7 Å². The molecule has 0 bridgehead atoms. The lowest BCUT2D eigenvalue weighted by molar-refractivity contribution is 0.779. The lowest BCUT2D eigenvalue weighted by atomic mass is 10.3. The molecule has 0 amide bonds. The van der Waals surface area contributed by atoms with E-state index in [0.717, 1.165) is 5.69 Å². The van der Waals surface area contributed by atoms with Crippen LogP contribution in [0.3, 0.4) is 0 Å². The van der Waals surface area contributed by atoms with Gasteiger partial charge in [-0.25, -0.2) is 0 Å². The van der Waals surface area contributed by atoms with Gasteiger partial charge in [-0.05, 0) is 26.0 Å². The van der Waals surface area contributed by atoms with Crippen molar-refractivity contribution in [2.45, 2.75) is 19.9 Å². The van der Waals surface area contributed by atoms with Crippen molar-refractivity contribution in [2.75, 3.05) is 0 Å². The van der Waals surface area contributed by atoms with Gasteiger partial charge in [0.2, 0.25) is 0 Å². The summed E-state index contributed by atoms with van der Waals surface area (Å²) in [4.78, 5) is 0. The van der Waals surface area contributed by atoms with E-state index in [1.807, 2.05) is 44.2 Å². The van der Waals surface area contributed by atoms with Crippen LogP contribution in [0.4, 0.5) is 5.69 Å². The van der Waals surface area contributed by atoms with Crippen molar-refractivity contribution in [3.05, 3.63) is 30.3 Å². The Morgan fingerprint density at radius 2 is 1.73 bits per heavy atom. The van der Waals surface area contributed by atoms with Crippen molar-refractivity contribution in [3.63, 3.8) is 0 Å². The summed E-state index contributed by atoms with van der Waals surface area (Å²) in [6.07, 6.45) is 0. The number of benzene rings is 1. The van der Waals surface area contributed by atoms with Crippen molar-refractivity contribution < 1.29 is 0 Å². The van der Waals surface area contributed by atoms with Crippen LogP contribution in [0.1, 0.15) is 13.8 Å². The van der Waals surface area contributed by atoms with Crippen LogP contribution < -0.4 is 0 Å². The van der Waals surface area contributed by atoms with Gasteiger partial charge in [-0.15, -0.1) is 0 Å². The first-order valence-corrected chi connectivity index (χ1v) is 3.75. The van der Waals surface area contributed by atoms with E-state index in [4.69, 9.17) is 0 Å². The molecule has 58 valence electrons. The average molecular weight is 148 g/mol. The predicted molar refractivity (Wildman–Crippen MR) is 46.1 cm³/mol. The molecule has 0 aromatic heterocycles. The monoisotopic (exact) mass is 148 g/mol. The third kappa shape index (κ3) is 2.94. The summed E-state index contributed by atoms with van der Waals surface area (Å²) in [7, 11) is 0. The molecule has 0 spiro atoms. The largest absolute Gasteiger partial charge is 0.186 e. The van der Waals surface area contributed by atoms with Crippen molar-refractivity contribution >= 4 is 5.69 Å². The van der Waals surface area contributed by atoms with E-state index in [-0.39, 0.29) is 6.04 Å². The van der Waals surface area contributed by atoms with Gasteiger partial charge in [-0.1, -0.05) is 18.2 Å². The van der Waals surface area contributed by atoms with Crippen LogP contribution in [0.15, 0.2) is 40.6 Å². The molecule has 0 atom stereocenters. The van der Waals surface area contributed by atoms with E-state index in [1.54, 1.807) is 0 Å². The Morgan fingerprint density at radius 1 is 1.09 bits per heavy atom. The Bertz CT molecular complexity index is 227. The molecular weight excluding hydrogens is 136 g/mol. The highest BCUT2D eigenvalue weighted by Gasteiger charge is 1.86. The number of nitrogens with zero attached hydrogens (tertiary/aromatic N) is 2. The highest BCUT2D eigenvalue weighted by atomic mass is 15.1. The molecule has 0 fully saturated rings. The van der Waals surface area contributed by atoms with Crippen LogP contribution in [0, 0.1) is 0 Å². The Morgan fingerprint density at radius 3 is 2.27 bits per heavy atom. The predicted octanol–water partition coefficient (Wildman–Crippen LogP) is 3.18. The first-order chi connectivity index (χ1) is 5.29. The maximum absolute atomic E-state index is 4.03. The van der Waals surface area contributed by atoms with E-state index in [9.17, 15) is 0 Å². The molecule has 11 heavy (non-hydrogen) atoms. The molecule has 0 saturated carbocycles. The third-order valence-electron chi connectivity index (χ3n) is 1.16. The minimum absolute atomic E-state index is 0.273. The molecule has 2 nitrogen and oxygen atoms in total. The van der Waals surface area contributed by atoms with Crippen molar-refractivity contribution in [2.24, 2.45) is 10.2 Å². The standard InChI is InChI=1S/C9H12N2/c1-8(2)10-11-9-6-4-3-5-7-9/h3-8H,1-2H3/b11-10+. The van der Waals surface area contributed by atoms with Gasteiger partial charge in [-0.2, -0.15) is 10.2 Å². The van der Waals surface area contributed by atoms with Crippen LogP contribution >= 0.6 is 0 Å². The fraction of sp³-hybridized carbons (Fsp3) is 0.333. The molecule has 1 rings (SSSR count). The molecule has 2 heteroatoms. The van der Waals surface area contributed by atoms with E-state index < -0.39 is 0 Å². The second-order valence-corrected chi connectivity index (χ2v) is 2.64. The summed E-state index contributed by atoms with van der Waals surface area (Å²) in [5, 5.41) is 8.05. The van der Waals surface area contributed by atoms with E-state index in [0.29, 0.717) is 0 Å². The highest BCUT2D eigenvalue weighted by molar-refractivity contribution is 5.34. The van der Waals surface area contributed by atoms with Gasteiger partial charge in [0.1, 0.15) is 0 Å². The lowest BCUT2D eigenvalue weighted by Crippen LogP contribution is -1.83. The Balaban J connectivity index is 2.65. The van der Waals surface area contributed by atoms with Gasteiger partial charge >= 0.3 is 0 Å². The van der Waals surface area contributed by atoms with Crippen LogP contribution in [-0.2, 0) is 0 Å². The lowest BCUT2D eigenvalue weighted by Gasteiger charge is -1.92. The quantitative estimate of drug-likeness (QED) is 0.575. The average Bonchev–Trinajstić information content (AvgIpc) is 2.03. The first kappa shape index (κ1) is 7.92. The molecule has 0 heterocycles. The fourth-order valence-electron chi connectivity index (χ4n) is 0.677. The summed E-state index contributed by atoms with van der Waals surface area (Å²) < 4.78 is 0. The van der Waals surface area contributed by atoms with Crippen LogP contribution in [0.25, 0.3) is 0 Å². The number of rotatable bonds is 2. The zero-order valence-corrected chi connectivity index (χ0v) is 6.86. The van der Waals surface area contributed by atoms with Gasteiger partial charge in [0.15, 0.2) is 0 Å². The molecule has 0 N–H and O–H groups in total. The second kappa shape index (κ2) is 3.86. The van der Waals surface area contributed by atoms with Crippen LogP contribution in [0.5, 0.6) is 0 Å². The second-order valence-electron chi connectivity index (χ2n) is 2.64. The van der Waals surface area contributed by atoms with Gasteiger partial charge in [-0.3, -0.25) is 0 Å². The first-order valence-electron chi connectivity index (χ1n) is 3.75. The Hall–Kier alpha value is -1.18. The summed E-state index contributed by atoms with van der Waals surface area (Å²) in [6, 6.07) is 10.0. The normalized spacial score (nSPS) is 11.2.